The van der Waals surface area contributed by atoms with E-state index < -0.39 is 0 Å². The second kappa shape index (κ2) is 4.89. The molecule has 17 heavy (non-hydrogen) atoms. The Hall–Kier alpha value is -0.700. The number of nitrogens with zero attached hydrogens (tertiary/aromatic N) is 2. The molecule has 5 heteroatoms. The molecule has 2 nitrogen and oxygen atoms in total. The van der Waals surface area contributed by atoms with Gasteiger partial charge >= 0.3 is 0 Å². The Morgan fingerprint density at radius 1 is 1.24 bits per heavy atom. The first-order valence-corrected chi connectivity index (χ1v) is 6.40. The van der Waals surface area contributed by atoms with E-state index in [0.717, 1.165) is 22.5 Å². The topological polar surface area (TPSA) is 17.8 Å². The van der Waals surface area contributed by atoms with Gasteiger partial charge in [0, 0.05) is 10.6 Å². The Kier molecular flexibility index (Phi) is 3.67. The van der Waals surface area contributed by atoms with E-state index in [0.29, 0.717) is 16.1 Å². The summed E-state index contributed by atoms with van der Waals surface area (Å²) in [6.07, 6.45) is 0. The van der Waals surface area contributed by atoms with Crippen LogP contribution in [-0.4, -0.2) is 9.78 Å². The van der Waals surface area contributed by atoms with Gasteiger partial charge in [-0.1, -0.05) is 29.3 Å². The van der Waals surface area contributed by atoms with Crippen molar-refractivity contribution in [3.05, 3.63) is 45.2 Å². The minimum atomic E-state index is 0.351. The fourth-order valence-electron chi connectivity index (χ4n) is 1.57. The quantitative estimate of drug-likeness (QED) is 0.742. The highest BCUT2D eigenvalue weighted by Gasteiger charge is 2.13. The SMILES string of the molecule is Cc1ccc(-n2nc(C)c(CCl)c2Cl)cc1Cl. The highest BCUT2D eigenvalue weighted by atomic mass is 35.5. The lowest BCUT2D eigenvalue weighted by atomic mass is 10.2. The maximum Gasteiger partial charge on any atom is 0.137 e. The molecule has 1 heterocycles. The molecule has 0 radical (unpaired) electrons. The second-order valence-corrected chi connectivity index (χ2v) is 4.87. The van der Waals surface area contributed by atoms with Crippen molar-refractivity contribution in [3.63, 3.8) is 0 Å². The molecule has 0 spiro atoms. The molecule has 1 aromatic heterocycles. The van der Waals surface area contributed by atoms with Crippen molar-refractivity contribution in [2.24, 2.45) is 0 Å². The largest absolute Gasteiger partial charge is 0.222 e. The van der Waals surface area contributed by atoms with Crippen LogP contribution in [0.1, 0.15) is 16.8 Å². The fourth-order valence-corrected chi connectivity index (χ4v) is 2.47. The summed E-state index contributed by atoms with van der Waals surface area (Å²) in [5, 5.41) is 5.60. The normalized spacial score (nSPS) is 10.9. The van der Waals surface area contributed by atoms with Crippen LogP contribution < -0.4 is 0 Å². The number of alkyl halides is 1. The third-order valence-corrected chi connectivity index (χ3v) is 3.72. The predicted octanol–water partition coefficient (Wildman–Crippen LogP) is 4.53. The first-order valence-electron chi connectivity index (χ1n) is 5.11. The molecule has 90 valence electrons. The number of halogens is 3. The summed E-state index contributed by atoms with van der Waals surface area (Å²) in [5.41, 5.74) is 3.55. The zero-order valence-corrected chi connectivity index (χ0v) is 11.7. The van der Waals surface area contributed by atoms with Crippen LogP contribution in [0.4, 0.5) is 0 Å². The Balaban J connectivity index is 2.57. The first-order chi connectivity index (χ1) is 8.04. The molecule has 0 unspecified atom stereocenters. The second-order valence-electron chi connectivity index (χ2n) is 3.83. The van der Waals surface area contributed by atoms with E-state index in [1.807, 2.05) is 32.0 Å². The summed E-state index contributed by atoms with van der Waals surface area (Å²) in [6, 6.07) is 5.70. The fraction of sp³-hybridized carbons (Fsp3) is 0.250. The lowest BCUT2D eigenvalue weighted by molar-refractivity contribution is 0.863. The molecule has 0 bridgehead atoms. The van der Waals surface area contributed by atoms with E-state index in [1.165, 1.54) is 0 Å². The van der Waals surface area contributed by atoms with Crippen molar-refractivity contribution in [3.8, 4) is 5.69 Å². The molecular formula is C12H11Cl3N2. The van der Waals surface area contributed by atoms with Gasteiger partial charge in [0.15, 0.2) is 0 Å². The highest BCUT2D eigenvalue weighted by molar-refractivity contribution is 6.32. The van der Waals surface area contributed by atoms with E-state index in [4.69, 9.17) is 34.8 Å². The lowest BCUT2D eigenvalue weighted by Crippen LogP contribution is -1.97. The predicted molar refractivity (Wildman–Crippen MR) is 72.6 cm³/mol. The average molecular weight is 290 g/mol. The summed E-state index contributed by atoms with van der Waals surface area (Å²) in [6.45, 7) is 3.84. The van der Waals surface area contributed by atoms with Crippen LogP contribution in [0, 0.1) is 13.8 Å². The van der Waals surface area contributed by atoms with E-state index >= 15 is 0 Å². The Labute approximate surface area is 115 Å². The molecule has 0 saturated carbocycles. The van der Waals surface area contributed by atoms with E-state index in [9.17, 15) is 0 Å². The third kappa shape index (κ3) is 2.30. The first kappa shape index (κ1) is 12.7. The van der Waals surface area contributed by atoms with Gasteiger partial charge in [-0.25, -0.2) is 4.68 Å². The van der Waals surface area contributed by atoms with Crippen molar-refractivity contribution in [1.29, 1.82) is 0 Å². The average Bonchev–Trinajstić information content (AvgIpc) is 2.58. The minimum Gasteiger partial charge on any atom is -0.222 e. The monoisotopic (exact) mass is 288 g/mol. The number of aromatic nitrogens is 2. The summed E-state index contributed by atoms with van der Waals surface area (Å²) >= 11 is 18.1. The lowest BCUT2D eigenvalue weighted by Gasteiger charge is -2.05. The third-order valence-electron chi connectivity index (χ3n) is 2.66. The van der Waals surface area contributed by atoms with Gasteiger partial charge in [0.05, 0.1) is 17.3 Å². The van der Waals surface area contributed by atoms with Crippen molar-refractivity contribution in [2.75, 3.05) is 0 Å². The standard InChI is InChI=1S/C12H11Cl3N2/c1-7-3-4-9(5-11(7)14)17-12(15)10(6-13)8(2)16-17/h3-5H,6H2,1-2H3. The summed E-state index contributed by atoms with van der Waals surface area (Å²) in [5.74, 6) is 0.351. The number of benzene rings is 1. The van der Waals surface area contributed by atoms with Crippen molar-refractivity contribution in [2.45, 2.75) is 19.7 Å². The molecule has 1 aromatic carbocycles. The Bertz CT molecular complexity index is 561. The number of hydrogen-bond donors (Lipinski definition) is 0. The molecule has 0 atom stereocenters. The van der Waals surface area contributed by atoms with Gasteiger partial charge in [-0.3, -0.25) is 0 Å². The van der Waals surface area contributed by atoms with E-state index in [2.05, 4.69) is 5.10 Å². The minimum absolute atomic E-state index is 0.351. The highest BCUT2D eigenvalue weighted by Crippen LogP contribution is 2.27. The van der Waals surface area contributed by atoms with Gasteiger partial charge in [-0.05, 0) is 31.5 Å². The summed E-state index contributed by atoms with van der Waals surface area (Å²) in [7, 11) is 0. The van der Waals surface area contributed by atoms with Crippen LogP contribution in [0.2, 0.25) is 10.2 Å². The number of hydrogen-bond acceptors (Lipinski definition) is 1. The molecule has 2 rings (SSSR count). The number of rotatable bonds is 2. The maximum atomic E-state index is 6.23. The molecule has 0 aliphatic carbocycles. The van der Waals surface area contributed by atoms with E-state index in [-0.39, 0.29) is 0 Å². The molecule has 0 amide bonds. The van der Waals surface area contributed by atoms with Crippen LogP contribution in [-0.2, 0) is 5.88 Å². The van der Waals surface area contributed by atoms with Gasteiger partial charge in [0.2, 0.25) is 0 Å². The van der Waals surface area contributed by atoms with Crippen molar-refractivity contribution in [1.82, 2.24) is 9.78 Å². The van der Waals surface area contributed by atoms with Crippen LogP contribution in [0.25, 0.3) is 5.69 Å². The molecule has 0 aliphatic heterocycles. The number of aryl methyl sites for hydroxylation is 2. The zero-order valence-electron chi connectivity index (χ0n) is 9.47. The molecule has 0 fully saturated rings. The van der Waals surface area contributed by atoms with Gasteiger partial charge in [0.1, 0.15) is 5.15 Å². The molecule has 0 N–H and O–H groups in total. The van der Waals surface area contributed by atoms with Gasteiger partial charge in [0.25, 0.3) is 0 Å². The van der Waals surface area contributed by atoms with Crippen LogP contribution in [0.15, 0.2) is 18.2 Å². The van der Waals surface area contributed by atoms with Crippen molar-refractivity contribution >= 4 is 34.8 Å². The summed E-state index contributed by atoms with van der Waals surface area (Å²) < 4.78 is 1.65. The Morgan fingerprint density at radius 3 is 2.47 bits per heavy atom. The van der Waals surface area contributed by atoms with Crippen LogP contribution in [0.3, 0.4) is 0 Å². The molecular weight excluding hydrogens is 279 g/mol. The van der Waals surface area contributed by atoms with Crippen molar-refractivity contribution < 1.29 is 0 Å². The molecule has 0 saturated heterocycles. The van der Waals surface area contributed by atoms with Crippen LogP contribution >= 0.6 is 34.8 Å². The molecule has 2 aromatic rings. The van der Waals surface area contributed by atoms with Gasteiger partial charge in [-0.2, -0.15) is 5.10 Å². The maximum absolute atomic E-state index is 6.23. The van der Waals surface area contributed by atoms with E-state index in [1.54, 1.807) is 4.68 Å². The van der Waals surface area contributed by atoms with Gasteiger partial charge in [-0.15, -0.1) is 11.6 Å². The molecule has 0 aliphatic rings. The Morgan fingerprint density at radius 2 is 1.94 bits per heavy atom. The van der Waals surface area contributed by atoms with Crippen LogP contribution in [0.5, 0.6) is 0 Å². The smallest absolute Gasteiger partial charge is 0.137 e. The zero-order chi connectivity index (χ0) is 12.6. The summed E-state index contributed by atoms with van der Waals surface area (Å²) in [4.78, 5) is 0. The van der Waals surface area contributed by atoms with Gasteiger partial charge < -0.3 is 0 Å².